The standard InChI is InChI=1S/C11H7NO3S.Na/c13-11-9-5-7-3-1-2-4-8(7)6-10(9)16(14,15)12-11;/h1-6H,(H,12,13);/q;+1/p-1. The van der Waals surface area contributed by atoms with Crippen LogP contribution in [0.3, 0.4) is 0 Å². The Bertz CT molecular complexity index is 725. The smallest absolute Gasteiger partial charge is 0.537 e. The summed E-state index contributed by atoms with van der Waals surface area (Å²) in [4.78, 5) is 11.4. The maximum absolute atomic E-state index is 11.5. The Balaban J connectivity index is 0.00000108. The Hall–Kier alpha value is -0.880. The van der Waals surface area contributed by atoms with E-state index in [1.807, 2.05) is 18.2 Å². The molecular weight excluding hydrogens is 249 g/mol. The molecule has 1 heterocycles. The van der Waals surface area contributed by atoms with Gasteiger partial charge in [0.05, 0.1) is 10.8 Å². The first-order valence-electron chi connectivity index (χ1n) is 4.63. The van der Waals surface area contributed by atoms with Crippen LogP contribution in [-0.2, 0) is 10.0 Å². The normalized spacial score (nSPS) is 16.1. The third-order valence-corrected chi connectivity index (χ3v) is 3.86. The Kier molecular flexibility index (Phi) is 3.03. The van der Waals surface area contributed by atoms with Crippen molar-refractivity contribution in [2.45, 2.75) is 4.90 Å². The maximum Gasteiger partial charge on any atom is 1.00 e. The molecule has 17 heavy (non-hydrogen) atoms. The minimum Gasteiger partial charge on any atom is -0.537 e. The number of rotatable bonds is 0. The summed E-state index contributed by atoms with van der Waals surface area (Å²) in [6, 6.07) is 10.3. The van der Waals surface area contributed by atoms with Gasteiger partial charge in [-0.1, -0.05) is 24.3 Å². The second-order valence-corrected chi connectivity index (χ2v) is 5.14. The average molecular weight is 255 g/mol. The monoisotopic (exact) mass is 255 g/mol. The molecule has 0 aromatic heterocycles. The van der Waals surface area contributed by atoms with Gasteiger partial charge < -0.3 is 9.52 Å². The second kappa shape index (κ2) is 4.10. The fourth-order valence-electron chi connectivity index (χ4n) is 1.81. The molecule has 4 nitrogen and oxygen atoms in total. The second-order valence-electron chi connectivity index (χ2n) is 3.57. The summed E-state index contributed by atoms with van der Waals surface area (Å²) in [7, 11) is -3.77. The molecule has 0 spiro atoms. The van der Waals surface area contributed by atoms with Crippen LogP contribution in [0, 0.1) is 0 Å². The molecule has 0 bridgehead atoms. The van der Waals surface area contributed by atoms with Crippen LogP contribution < -0.4 is 29.6 Å². The summed E-state index contributed by atoms with van der Waals surface area (Å²) in [5, 5.41) is 1.62. The first-order chi connectivity index (χ1) is 7.58. The van der Waals surface area contributed by atoms with Crippen molar-refractivity contribution < 1.29 is 42.8 Å². The molecule has 2 aromatic carbocycles. The Morgan fingerprint density at radius 3 is 2.24 bits per heavy atom. The van der Waals surface area contributed by atoms with E-state index in [0.717, 1.165) is 10.8 Å². The first kappa shape index (κ1) is 12.6. The summed E-state index contributed by atoms with van der Waals surface area (Å²) in [6.45, 7) is 0. The number of carbonyl (C=O) groups excluding carboxylic acids is 1. The van der Waals surface area contributed by atoms with Crippen molar-refractivity contribution in [1.82, 2.24) is 0 Å². The Morgan fingerprint density at radius 2 is 1.59 bits per heavy atom. The minimum absolute atomic E-state index is 0. The van der Waals surface area contributed by atoms with Gasteiger partial charge >= 0.3 is 29.6 Å². The first-order valence-corrected chi connectivity index (χ1v) is 6.07. The van der Waals surface area contributed by atoms with Gasteiger partial charge in [-0.25, -0.2) is 8.42 Å². The molecule has 1 aliphatic heterocycles. The topological polar surface area (TPSA) is 65.3 Å². The molecule has 0 unspecified atom stereocenters. The van der Waals surface area contributed by atoms with Gasteiger partial charge in [-0.3, -0.25) is 0 Å². The van der Waals surface area contributed by atoms with E-state index >= 15 is 0 Å². The molecular formula is C11H6NNaO3S. The number of hydrogen-bond acceptors (Lipinski definition) is 3. The maximum atomic E-state index is 11.5. The SMILES string of the molecule is O=C1[N-]S(=O)(=O)c2cc3ccccc3cc21.[Na+]. The van der Waals surface area contributed by atoms with Crippen LogP contribution in [0.5, 0.6) is 0 Å². The molecule has 2 aromatic rings. The van der Waals surface area contributed by atoms with Gasteiger partial charge in [0.1, 0.15) is 10.0 Å². The van der Waals surface area contributed by atoms with Gasteiger partial charge in [-0.15, -0.1) is 0 Å². The van der Waals surface area contributed by atoms with E-state index in [1.165, 1.54) is 6.07 Å². The number of carbonyl (C=O) groups is 1. The number of nitrogens with zero attached hydrogens (tertiary/aromatic N) is 1. The van der Waals surface area contributed by atoms with Gasteiger partial charge in [0.2, 0.25) is 0 Å². The van der Waals surface area contributed by atoms with Crippen molar-refractivity contribution in [1.29, 1.82) is 0 Å². The number of benzene rings is 2. The van der Waals surface area contributed by atoms with E-state index < -0.39 is 15.9 Å². The fourth-order valence-corrected chi connectivity index (χ4v) is 2.92. The van der Waals surface area contributed by atoms with E-state index in [9.17, 15) is 13.2 Å². The zero-order valence-corrected chi connectivity index (χ0v) is 11.9. The number of amides is 1. The number of sulfonamides is 1. The third-order valence-electron chi connectivity index (χ3n) is 2.56. The van der Waals surface area contributed by atoms with Crippen molar-refractivity contribution in [2.24, 2.45) is 0 Å². The van der Waals surface area contributed by atoms with Crippen molar-refractivity contribution in [3.8, 4) is 0 Å². The molecule has 1 amide bonds. The van der Waals surface area contributed by atoms with Gasteiger partial charge in [0.25, 0.3) is 0 Å². The van der Waals surface area contributed by atoms with Crippen LogP contribution in [0.4, 0.5) is 0 Å². The van der Waals surface area contributed by atoms with Crippen LogP contribution in [0.15, 0.2) is 41.3 Å². The fraction of sp³-hybridized carbons (Fsp3) is 0. The Labute approximate surface area is 120 Å². The van der Waals surface area contributed by atoms with Crippen molar-refractivity contribution in [3.63, 3.8) is 0 Å². The molecule has 3 rings (SSSR count). The van der Waals surface area contributed by atoms with Crippen LogP contribution in [0.25, 0.3) is 15.5 Å². The molecule has 80 valence electrons. The van der Waals surface area contributed by atoms with Gasteiger partial charge in [0.15, 0.2) is 0 Å². The van der Waals surface area contributed by atoms with Gasteiger partial charge in [-0.2, -0.15) is 0 Å². The molecule has 0 saturated heterocycles. The molecule has 6 heteroatoms. The summed E-state index contributed by atoms with van der Waals surface area (Å²) < 4.78 is 26.2. The summed E-state index contributed by atoms with van der Waals surface area (Å²) >= 11 is 0. The van der Waals surface area contributed by atoms with E-state index in [-0.39, 0.29) is 40.0 Å². The zero-order chi connectivity index (χ0) is 11.3. The number of fused-ring (bicyclic) bond motifs is 2. The third kappa shape index (κ3) is 1.89. The van der Waals surface area contributed by atoms with Gasteiger partial charge in [-0.05, 0) is 22.9 Å². The molecule has 0 aliphatic carbocycles. The van der Waals surface area contributed by atoms with Crippen molar-refractivity contribution in [3.05, 3.63) is 46.7 Å². The van der Waals surface area contributed by atoms with E-state index in [1.54, 1.807) is 12.1 Å². The Morgan fingerprint density at radius 1 is 1.00 bits per heavy atom. The predicted molar refractivity (Wildman–Crippen MR) is 58.8 cm³/mol. The van der Waals surface area contributed by atoms with E-state index in [4.69, 9.17) is 0 Å². The molecule has 0 fully saturated rings. The molecule has 0 N–H and O–H groups in total. The molecule has 1 aliphatic rings. The van der Waals surface area contributed by atoms with Crippen LogP contribution in [-0.4, -0.2) is 14.3 Å². The van der Waals surface area contributed by atoms with E-state index in [2.05, 4.69) is 4.72 Å². The molecule has 0 saturated carbocycles. The summed E-state index contributed by atoms with van der Waals surface area (Å²) in [6.07, 6.45) is 0. The predicted octanol–water partition coefficient (Wildman–Crippen LogP) is -0.940. The quantitative estimate of drug-likeness (QED) is 0.571. The average Bonchev–Trinajstić information content (AvgIpc) is 2.47. The van der Waals surface area contributed by atoms with Crippen molar-refractivity contribution >= 4 is 26.7 Å². The number of hydrogen-bond donors (Lipinski definition) is 0. The molecule has 0 atom stereocenters. The zero-order valence-electron chi connectivity index (χ0n) is 9.04. The largest absolute Gasteiger partial charge is 1.00 e. The van der Waals surface area contributed by atoms with Crippen molar-refractivity contribution in [2.75, 3.05) is 0 Å². The van der Waals surface area contributed by atoms with Gasteiger partial charge in [0, 0.05) is 5.56 Å². The van der Waals surface area contributed by atoms with Crippen LogP contribution >= 0.6 is 0 Å². The summed E-state index contributed by atoms with van der Waals surface area (Å²) in [5.41, 5.74) is 0.165. The molecule has 0 radical (unpaired) electrons. The van der Waals surface area contributed by atoms with Crippen LogP contribution in [0.2, 0.25) is 0 Å². The van der Waals surface area contributed by atoms with Crippen LogP contribution in [0.1, 0.15) is 10.4 Å². The minimum atomic E-state index is -3.77. The summed E-state index contributed by atoms with van der Waals surface area (Å²) in [5.74, 6) is -0.680. The van der Waals surface area contributed by atoms with E-state index in [0.29, 0.717) is 0 Å².